The van der Waals surface area contributed by atoms with Crippen molar-refractivity contribution in [2.45, 2.75) is 19.0 Å². The van der Waals surface area contributed by atoms with E-state index in [-0.39, 0.29) is 17.6 Å². The maximum atomic E-state index is 13.3. The van der Waals surface area contributed by atoms with E-state index in [1.165, 1.54) is 39.5 Å². The number of thiazole rings is 1. The fourth-order valence-electron chi connectivity index (χ4n) is 3.71. The lowest BCUT2D eigenvalue weighted by atomic mass is 10.0. The van der Waals surface area contributed by atoms with Crippen LogP contribution in [0.5, 0.6) is 0 Å². The van der Waals surface area contributed by atoms with Gasteiger partial charge in [0, 0.05) is 34.7 Å². The Bertz CT molecular complexity index is 1460. The van der Waals surface area contributed by atoms with Crippen molar-refractivity contribution < 1.29 is 4.79 Å². The molecule has 1 unspecified atom stereocenters. The Hall–Kier alpha value is -3.70. The van der Waals surface area contributed by atoms with E-state index in [2.05, 4.69) is 15.3 Å². The third kappa shape index (κ3) is 6.75. The normalized spacial score (nSPS) is 12.2. The van der Waals surface area contributed by atoms with Crippen LogP contribution in [0.4, 0.5) is 5.69 Å². The van der Waals surface area contributed by atoms with Crippen molar-refractivity contribution in [2.75, 3.05) is 5.01 Å². The molecule has 37 heavy (non-hydrogen) atoms. The van der Waals surface area contributed by atoms with Crippen LogP contribution in [0.1, 0.15) is 16.6 Å². The van der Waals surface area contributed by atoms with Crippen molar-refractivity contribution in [3.63, 3.8) is 0 Å². The standard InChI is InChI=1S/C25H23Cl2N7O2S/c26-17-6-7-20(34(29)14-22(27)28)18(11-17)19-12-24(35)33(15-32-19)21(10-16-4-2-1-3-5-16)25(36)31-13-23-30-8-9-37-23/h1-9,11-12,14-15,21H,10,13,28-29H2,(H,31,36)/b22-14-. The molecule has 0 aliphatic heterocycles. The van der Waals surface area contributed by atoms with E-state index in [1.54, 1.807) is 24.4 Å². The van der Waals surface area contributed by atoms with Crippen LogP contribution in [0.3, 0.4) is 0 Å². The predicted octanol–water partition coefficient (Wildman–Crippen LogP) is 3.80. The van der Waals surface area contributed by atoms with Crippen LogP contribution < -0.4 is 27.5 Å². The van der Waals surface area contributed by atoms with E-state index in [1.807, 2.05) is 35.7 Å². The molecule has 2 aromatic carbocycles. The van der Waals surface area contributed by atoms with E-state index < -0.39 is 11.6 Å². The number of amides is 1. The third-order valence-corrected chi connectivity index (χ3v) is 6.53. The second-order valence-corrected chi connectivity index (χ2v) is 9.80. The molecule has 1 amide bonds. The van der Waals surface area contributed by atoms with Crippen LogP contribution in [0.15, 0.2) is 88.7 Å². The Morgan fingerprint density at radius 1 is 1.19 bits per heavy atom. The highest BCUT2D eigenvalue weighted by Crippen LogP contribution is 2.31. The Labute approximate surface area is 227 Å². The van der Waals surface area contributed by atoms with Crippen molar-refractivity contribution in [3.05, 3.63) is 110 Å². The lowest BCUT2D eigenvalue weighted by molar-refractivity contribution is -0.124. The minimum atomic E-state index is -0.833. The largest absolute Gasteiger partial charge is 0.388 e. The molecule has 0 spiro atoms. The van der Waals surface area contributed by atoms with Crippen LogP contribution in [-0.2, 0) is 17.8 Å². The van der Waals surface area contributed by atoms with Crippen LogP contribution in [0, 0.1) is 0 Å². The van der Waals surface area contributed by atoms with E-state index in [0.717, 1.165) is 10.6 Å². The van der Waals surface area contributed by atoms with Gasteiger partial charge in [0.1, 0.15) is 16.2 Å². The molecule has 12 heteroatoms. The second kappa shape index (κ2) is 12.0. The smallest absolute Gasteiger partial charge is 0.254 e. The molecule has 5 N–H and O–H groups in total. The summed E-state index contributed by atoms with van der Waals surface area (Å²) in [6.07, 6.45) is 4.64. The zero-order valence-corrected chi connectivity index (χ0v) is 21.7. The number of hydrazine groups is 1. The summed E-state index contributed by atoms with van der Waals surface area (Å²) >= 11 is 13.4. The van der Waals surface area contributed by atoms with E-state index in [9.17, 15) is 9.59 Å². The number of hydrogen-bond donors (Lipinski definition) is 3. The van der Waals surface area contributed by atoms with Crippen molar-refractivity contribution in [1.29, 1.82) is 0 Å². The minimum Gasteiger partial charge on any atom is -0.388 e. The molecule has 0 radical (unpaired) electrons. The summed E-state index contributed by atoms with van der Waals surface area (Å²) in [5.74, 6) is 5.76. The van der Waals surface area contributed by atoms with Crippen LogP contribution in [0.25, 0.3) is 11.3 Å². The van der Waals surface area contributed by atoms with Crippen molar-refractivity contribution in [1.82, 2.24) is 19.9 Å². The van der Waals surface area contributed by atoms with Crippen LogP contribution >= 0.6 is 34.5 Å². The first kappa shape index (κ1) is 26.4. The fraction of sp³-hybridized carbons (Fsp3) is 0.120. The van der Waals surface area contributed by atoms with Gasteiger partial charge >= 0.3 is 0 Å². The average Bonchev–Trinajstić information content (AvgIpc) is 3.40. The molecule has 0 fully saturated rings. The van der Waals surface area contributed by atoms with Crippen LogP contribution in [-0.4, -0.2) is 20.4 Å². The number of nitrogens with one attached hydrogen (secondary N) is 1. The molecule has 4 aromatic rings. The van der Waals surface area contributed by atoms with Gasteiger partial charge in [0.25, 0.3) is 5.56 Å². The van der Waals surface area contributed by atoms with Gasteiger partial charge in [-0.1, -0.05) is 53.5 Å². The number of anilines is 1. The van der Waals surface area contributed by atoms with Gasteiger partial charge in [-0.25, -0.2) is 15.8 Å². The van der Waals surface area contributed by atoms with E-state index in [4.69, 9.17) is 34.8 Å². The summed E-state index contributed by atoms with van der Waals surface area (Å²) in [5.41, 5.74) is 7.30. The van der Waals surface area contributed by atoms with Gasteiger partial charge in [-0.2, -0.15) is 0 Å². The number of aromatic nitrogens is 3. The van der Waals surface area contributed by atoms with Crippen molar-refractivity contribution >= 4 is 46.1 Å². The number of nitrogens with zero attached hydrogens (tertiary/aromatic N) is 4. The van der Waals surface area contributed by atoms with Gasteiger partial charge in [-0.05, 0) is 23.8 Å². The first-order valence-corrected chi connectivity index (χ1v) is 12.7. The Morgan fingerprint density at radius 3 is 2.65 bits per heavy atom. The Morgan fingerprint density at radius 2 is 1.97 bits per heavy atom. The summed E-state index contributed by atoms with van der Waals surface area (Å²) in [7, 11) is 0. The number of rotatable bonds is 9. The molecule has 1 atom stereocenters. The summed E-state index contributed by atoms with van der Waals surface area (Å²) < 4.78 is 1.31. The van der Waals surface area contributed by atoms with Crippen LogP contribution in [0.2, 0.25) is 5.02 Å². The SMILES string of the molecule is N/C(Cl)=C\N(N)c1ccc(Cl)cc1-c1cc(=O)n(C(Cc2ccccc2)C(=O)NCc2nccs2)cn1. The summed E-state index contributed by atoms with van der Waals surface area (Å²) in [6.45, 7) is 0.261. The summed E-state index contributed by atoms with van der Waals surface area (Å²) in [4.78, 5) is 35.2. The zero-order chi connectivity index (χ0) is 26.4. The predicted molar refractivity (Wildman–Crippen MR) is 147 cm³/mol. The number of carbonyl (C=O) groups is 1. The van der Waals surface area contributed by atoms with Gasteiger partial charge in [0.05, 0.1) is 30.5 Å². The molecular weight excluding hydrogens is 533 g/mol. The average molecular weight is 556 g/mol. The number of nitrogens with two attached hydrogens (primary N) is 2. The molecule has 4 rings (SSSR count). The molecule has 190 valence electrons. The highest BCUT2D eigenvalue weighted by Gasteiger charge is 2.23. The zero-order valence-electron chi connectivity index (χ0n) is 19.4. The van der Waals surface area contributed by atoms with Gasteiger partial charge < -0.3 is 11.1 Å². The number of hydrogen-bond acceptors (Lipinski definition) is 8. The second-order valence-electron chi connectivity index (χ2n) is 7.95. The quantitative estimate of drug-likeness (QED) is 0.162. The number of carbonyl (C=O) groups excluding carboxylic acids is 1. The highest BCUT2D eigenvalue weighted by atomic mass is 35.5. The fourth-order valence-corrected chi connectivity index (χ4v) is 4.54. The first-order chi connectivity index (χ1) is 17.8. The maximum absolute atomic E-state index is 13.3. The molecule has 0 saturated carbocycles. The molecule has 0 saturated heterocycles. The number of halogens is 2. The summed E-state index contributed by atoms with van der Waals surface area (Å²) in [5, 5.41) is 7.08. The highest BCUT2D eigenvalue weighted by molar-refractivity contribution is 7.09. The molecule has 0 aliphatic rings. The molecular formula is C25H23Cl2N7O2S. The Kier molecular flexibility index (Phi) is 8.57. The molecule has 2 heterocycles. The van der Waals surface area contributed by atoms with Gasteiger partial charge in [0.2, 0.25) is 5.91 Å². The van der Waals surface area contributed by atoms with Gasteiger partial charge in [0.15, 0.2) is 0 Å². The van der Waals surface area contributed by atoms with Gasteiger partial charge in [-0.15, -0.1) is 11.3 Å². The third-order valence-electron chi connectivity index (χ3n) is 5.42. The van der Waals surface area contributed by atoms with E-state index in [0.29, 0.717) is 28.4 Å². The topological polar surface area (TPSA) is 132 Å². The van der Waals surface area contributed by atoms with Gasteiger partial charge in [-0.3, -0.25) is 19.2 Å². The first-order valence-electron chi connectivity index (χ1n) is 11.1. The van der Waals surface area contributed by atoms with Crippen molar-refractivity contribution in [3.8, 4) is 11.3 Å². The molecule has 2 aromatic heterocycles. The summed E-state index contributed by atoms with van der Waals surface area (Å²) in [6, 6.07) is 14.9. The minimum absolute atomic E-state index is 0.0284. The van der Waals surface area contributed by atoms with Crippen molar-refractivity contribution in [2.24, 2.45) is 11.6 Å². The monoisotopic (exact) mass is 555 g/mol. The maximum Gasteiger partial charge on any atom is 0.254 e. The number of benzene rings is 2. The van der Waals surface area contributed by atoms with E-state index >= 15 is 0 Å². The molecule has 9 nitrogen and oxygen atoms in total. The molecule has 0 aliphatic carbocycles. The Balaban J connectivity index is 1.69. The molecule has 0 bridgehead atoms. The lowest BCUT2D eigenvalue weighted by Gasteiger charge is -2.21. The lowest BCUT2D eigenvalue weighted by Crippen LogP contribution is -2.38.